The summed E-state index contributed by atoms with van der Waals surface area (Å²) >= 11 is 0. The Morgan fingerprint density at radius 2 is 1.83 bits per heavy atom. The van der Waals surface area contributed by atoms with Gasteiger partial charge in [-0.15, -0.1) is 0 Å². The lowest BCUT2D eigenvalue weighted by Crippen LogP contribution is -2.24. The molecule has 0 unspecified atom stereocenters. The number of ether oxygens (including phenoxy) is 2. The fourth-order valence-corrected chi connectivity index (χ4v) is 2.34. The highest BCUT2D eigenvalue weighted by atomic mass is 16.5. The van der Waals surface area contributed by atoms with Crippen molar-refractivity contribution in [2.45, 2.75) is 58.4 Å². The third kappa shape index (κ3) is 8.90. The van der Waals surface area contributed by atoms with Gasteiger partial charge in [0.05, 0.1) is 0 Å². The molecular weight excluding hydrogens is 226 g/mol. The topological polar surface area (TPSA) is 30.5 Å². The van der Waals surface area contributed by atoms with E-state index in [0.29, 0.717) is 6.04 Å². The van der Waals surface area contributed by atoms with Crippen molar-refractivity contribution in [1.82, 2.24) is 5.32 Å². The molecule has 18 heavy (non-hydrogen) atoms. The highest BCUT2D eigenvalue weighted by Crippen LogP contribution is 2.20. The minimum absolute atomic E-state index is 0.587. The van der Waals surface area contributed by atoms with Crippen molar-refractivity contribution < 1.29 is 9.47 Å². The molecule has 0 radical (unpaired) electrons. The Morgan fingerprint density at radius 3 is 2.56 bits per heavy atom. The summed E-state index contributed by atoms with van der Waals surface area (Å²) in [6.07, 6.45) is 7.55. The van der Waals surface area contributed by atoms with Gasteiger partial charge >= 0.3 is 0 Å². The Bertz CT molecular complexity index is 179. The van der Waals surface area contributed by atoms with E-state index in [1.807, 2.05) is 0 Å². The van der Waals surface area contributed by atoms with E-state index in [4.69, 9.17) is 9.47 Å². The SMILES string of the molecule is CC(C)NCCCOCCCCC1CCOCC1. The van der Waals surface area contributed by atoms with E-state index in [0.717, 1.165) is 45.3 Å². The lowest BCUT2D eigenvalue weighted by Gasteiger charge is -2.21. The first kappa shape index (κ1) is 15.9. The zero-order valence-electron chi connectivity index (χ0n) is 12.2. The van der Waals surface area contributed by atoms with Crippen molar-refractivity contribution in [2.24, 2.45) is 5.92 Å². The van der Waals surface area contributed by atoms with E-state index in [2.05, 4.69) is 19.2 Å². The molecule has 0 aromatic heterocycles. The number of hydrogen-bond donors (Lipinski definition) is 1. The number of hydrogen-bond acceptors (Lipinski definition) is 3. The number of unbranched alkanes of at least 4 members (excludes halogenated alkanes) is 1. The highest BCUT2D eigenvalue weighted by Gasteiger charge is 2.12. The molecule has 0 aromatic carbocycles. The van der Waals surface area contributed by atoms with Crippen LogP contribution in [0, 0.1) is 5.92 Å². The van der Waals surface area contributed by atoms with Gasteiger partial charge in [0.25, 0.3) is 0 Å². The summed E-state index contributed by atoms with van der Waals surface area (Å²) in [6.45, 7) is 9.21. The van der Waals surface area contributed by atoms with Crippen molar-refractivity contribution in [3.8, 4) is 0 Å². The average molecular weight is 257 g/mol. The molecule has 0 bridgehead atoms. The van der Waals surface area contributed by atoms with Crippen LogP contribution in [0.3, 0.4) is 0 Å². The number of rotatable bonds is 10. The summed E-state index contributed by atoms with van der Waals surface area (Å²) < 4.78 is 11.0. The molecule has 0 aromatic rings. The molecule has 3 nitrogen and oxygen atoms in total. The largest absolute Gasteiger partial charge is 0.381 e. The summed E-state index contributed by atoms with van der Waals surface area (Å²) in [5, 5.41) is 3.40. The Morgan fingerprint density at radius 1 is 1.11 bits per heavy atom. The van der Waals surface area contributed by atoms with Crippen molar-refractivity contribution in [3.63, 3.8) is 0 Å². The summed E-state index contributed by atoms with van der Waals surface area (Å²) in [6, 6.07) is 0.587. The molecular formula is C15H31NO2. The maximum absolute atomic E-state index is 5.64. The van der Waals surface area contributed by atoms with Gasteiger partial charge < -0.3 is 14.8 Å². The van der Waals surface area contributed by atoms with Crippen molar-refractivity contribution in [2.75, 3.05) is 33.0 Å². The van der Waals surface area contributed by atoms with Gasteiger partial charge in [-0.05, 0) is 38.1 Å². The normalized spacial score (nSPS) is 17.5. The molecule has 1 aliphatic heterocycles. The van der Waals surface area contributed by atoms with Crippen LogP contribution in [0.4, 0.5) is 0 Å². The van der Waals surface area contributed by atoms with Crippen molar-refractivity contribution in [3.05, 3.63) is 0 Å². The molecule has 0 saturated carbocycles. The molecule has 1 N–H and O–H groups in total. The van der Waals surface area contributed by atoms with Crippen LogP contribution >= 0.6 is 0 Å². The second kappa shape index (κ2) is 10.8. The van der Waals surface area contributed by atoms with Gasteiger partial charge in [0.1, 0.15) is 0 Å². The quantitative estimate of drug-likeness (QED) is 0.610. The van der Waals surface area contributed by atoms with Gasteiger partial charge in [-0.2, -0.15) is 0 Å². The molecule has 1 aliphatic rings. The third-order valence-electron chi connectivity index (χ3n) is 3.51. The molecule has 0 amide bonds. The van der Waals surface area contributed by atoms with Gasteiger partial charge in [0, 0.05) is 32.5 Å². The van der Waals surface area contributed by atoms with Crippen LogP contribution in [0.5, 0.6) is 0 Å². The Kier molecular flexibility index (Phi) is 9.54. The summed E-state index contributed by atoms with van der Waals surface area (Å²) in [5.74, 6) is 0.911. The van der Waals surface area contributed by atoms with Gasteiger partial charge in [-0.3, -0.25) is 0 Å². The van der Waals surface area contributed by atoms with Gasteiger partial charge in [0.2, 0.25) is 0 Å². The summed E-state index contributed by atoms with van der Waals surface area (Å²) in [5.41, 5.74) is 0. The monoisotopic (exact) mass is 257 g/mol. The first-order valence-electron chi connectivity index (χ1n) is 7.68. The average Bonchev–Trinajstić information content (AvgIpc) is 2.37. The maximum Gasteiger partial charge on any atom is 0.0478 e. The third-order valence-corrected chi connectivity index (χ3v) is 3.51. The van der Waals surface area contributed by atoms with Crippen LogP contribution in [-0.2, 0) is 9.47 Å². The zero-order chi connectivity index (χ0) is 13.1. The fraction of sp³-hybridized carbons (Fsp3) is 1.00. The minimum Gasteiger partial charge on any atom is -0.381 e. The molecule has 108 valence electrons. The van der Waals surface area contributed by atoms with E-state index in [1.54, 1.807) is 0 Å². The molecule has 1 saturated heterocycles. The minimum atomic E-state index is 0.587. The molecule has 0 atom stereocenters. The van der Waals surface area contributed by atoms with Gasteiger partial charge in [0.15, 0.2) is 0 Å². The first-order chi connectivity index (χ1) is 8.79. The predicted molar refractivity (Wildman–Crippen MR) is 76.0 cm³/mol. The van der Waals surface area contributed by atoms with Crippen molar-refractivity contribution >= 4 is 0 Å². The second-order valence-corrected chi connectivity index (χ2v) is 5.63. The predicted octanol–water partition coefficient (Wildman–Crippen LogP) is 2.99. The molecule has 1 rings (SSSR count). The molecule has 1 fully saturated rings. The van der Waals surface area contributed by atoms with Gasteiger partial charge in [-0.25, -0.2) is 0 Å². The summed E-state index contributed by atoms with van der Waals surface area (Å²) in [4.78, 5) is 0. The Hall–Kier alpha value is -0.120. The van der Waals surface area contributed by atoms with Crippen LogP contribution < -0.4 is 5.32 Å². The van der Waals surface area contributed by atoms with Crippen molar-refractivity contribution in [1.29, 1.82) is 0 Å². The molecule has 1 heterocycles. The maximum atomic E-state index is 5.64. The Labute approximate surface area is 113 Å². The molecule has 0 spiro atoms. The lowest BCUT2D eigenvalue weighted by atomic mass is 9.94. The van der Waals surface area contributed by atoms with E-state index >= 15 is 0 Å². The fourth-order valence-electron chi connectivity index (χ4n) is 2.34. The van der Waals surface area contributed by atoms with Crippen LogP contribution in [0.2, 0.25) is 0 Å². The zero-order valence-corrected chi connectivity index (χ0v) is 12.2. The standard InChI is InChI=1S/C15H31NO2/c1-14(2)16-9-5-11-17-10-4-3-6-15-7-12-18-13-8-15/h14-16H,3-13H2,1-2H3. The van der Waals surface area contributed by atoms with Crippen LogP contribution in [-0.4, -0.2) is 39.0 Å². The second-order valence-electron chi connectivity index (χ2n) is 5.63. The molecule has 0 aliphatic carbocycles. The Balaban J connectivity index is 1.75. The summed E-state index contributed by atoms with van der Waals surface area (Å²) in [7, 11) is 0. The first-order valence-corrected chi connectivity index (χ1v) is 7.68. The lowest BCUT2D eigenvalue weighted by molar-refractivity contribution is 0.0616. The smallest absolute Gasteiger partial charge is 0.0478 e. The van der Waals surface area contributed by atoms with Crippen LogP contribution in [0.25, 0.3) is 0 Å². The van der Waals surface area contributed by atoms with E-state index in [9.17, 15) is 0 Å². The molecule has 3 heteroatoms. The van der Waals surface area contributed by atoms with Crippen LogP contribution in [0.15, 0.2) is 0 Å². The highest BCUT2D eigenvalue weighted by molar-refractivity contribution is 4.63. The number of nitrogens with one attached hydrogen (secondary N) is 1. The van der Waals surface area contributed by atoms with Gasteiger partial charge in [-0.1, -0.05) is 26.7 Å². The van der Waals surface area contributed by atoms with E-state index in [-0.39, 0.29) is 0 Å². The van der Waals surface area contributed by atoms with E-state index < -0.39 is 0 Å². The van der Waals surface area contributed by atoms with Crippen LogP contribution in [0.1, 0.15) is 52.4 Å². The van der Waals surface area contributed by atoms with E-state index in [1.165, 1.54) is 32.1 Å².